The predicted molar refractivity (Wildman–Crippen MR) is 141 cm³/mol. The number of nitrogens with zero attached hydrogens (tertiary/aromatic N) is 3. The Hall–Kier alpha value is 0.510. The van der Waals surface area contributed by atoms with Crippen LogP contribution in [0.4, 0.5) is 0 Å². The highest BCUT2D eigenvalue weighted by Gasteiger charge is 2.44. The van der Waals surface area contributed by atoms with Gasteiger partial charge in [0.1, 0.15) is 14.2 Å². The number of carbonyl (C=O) groups excluding carboxylic acids is 3. The summed E-state index contributed by atoms with van der Waals surface area (Å²) in [6.45, 7) is 5.85. The zero-order valence-corrected chi connectivity index (χ0v) is 24.0. The maximum Gasteiger partial charge on any atom is 0.239 e. The van der Waals surface area contributed by atoms with Gasteiger partial charge >= 0.3 is 0 Å². The minimum absolute atomic E-state index is 0.0356. The van der Waals surface area contributed by atoms with E-state index in [4.69, 9.17) is 0 Å². The topological polar surface area (TPSA) is 60.9 Å². The first-order valence-corrected chi connectivity index (χ1v) is 16.2. The summed E-state index contributed by atoms with van der Waals surface area (Å²) in [6.07, 6.45) is 0. The highest BCUT2D eigenvalue weighted by Crippen LogP contribution is 2.51. The summed E-state index contributed by atoms with van der Waals surface area (Å²) in [6, 6.07) is 0. The zero-order valence-electron chi connectivity index (χ0n) is 19.1. The largest absolute Gasteiger partial charge is 0.348 e. The fraction of sp³-hybridized carbons (Fsp3) is 0.833. The molecule has 6 nitrogen and oxygen atoms in total. The van der Waals surface area contributed by atoms with Gasteiger partial charge in [-0.25, -0.2) is 0 Å². The van der Waals surface area contributed by atoms with Crippen molar-refractivity contribution in [3.63, 3.8) is 0 Å². The van der Waals surface area contributed by atoms with Crippen LogP contribution >= 0.6 is 64.8 Å². The van der Waals surface area contributed by atoms with Crippen molar-refractivity contribution in [1.29, 1.82) is 0 Å². The molecule has 0 aromatic heterocycles. The fourth-order valence-corrected chi connectivity index (χ4v) is 14.1. The molecule has 3 amide bonds. The van der Waals surface area contributed by atoms with E-state index in [0.29, 0.717) is 17.3 Å². The predicted octanol–water partition coefficient (Wildman–Crippen LogP) is 3.68. The maximum atomic E-state index is 13.0. The lowest BCUT2D eigenvalue weighted by atomic mass is 10.2. The zero-order chi connectivity index (χ0) is 23.3. The van der Waals surface area contributed by atoms with Gasteiger partial charge in [-0.1, -0.05) is 64.8 Å². The first-order valence-electron chi connectivity index (χ1n) is 9.26. The molecule has 1 saturated heterocycles. The molecule has 3 atom stereocenters. The summed E-state index contributed by atoms with van der Waals surface area (Å²) in [5.74, 6) is 1.81. The van der Waals surface area contributed by atoms with Crippen molar-refractivity contribution in [3.8, 4) is 0 Å². The van der Waals surface area contributed by atoms with E-state index < -0.39 is 14.2 Å². The molecule has 0 spiro atoms. The Kier molecular flexibility index (Phi) is 11.0. The highest BCUT2D eigenvalue weighted by molar-refractivity contribution is 8.80. The van der Waals surface area contributed by atoms with Crippen LogP contribution in [0.15, 0.2) is 0 Å². The van der Waals surface area contributed by atoms with Crippen LogP contribution in [-0.4, -0.2) is 106 Å². The molecule has 0 saturated carbocycles. The Morgan fingerprint density at radius 3 is 0.900 bits per heavy atom. The van der Waals surface area contributed by atoms with Crippen LogP contribution in [-0.2, 0) is 14.4 Å². The number of amides is 3. The van der Waals surface area contributed by atoms with Gasteiger partial charge in [0.25, 0.3) is 0 Å². The number of hydrogen-bond donors (Lipinski definition) is 0. The molecule has 1 aliphatic heterocycles. The van der Waals surface area contributed by atoms with E-state index in [9.17, 15) is 14.4 Å². The minimum Gasteiger partial charge on any atom is -0.348 e. The second kappa shape index (κ2) is 11.6. The second-order valence-electron chi connectivity index (χ2n) is 8.33. The monoisotopic (exact) mass is 531 g/mol. The van der Waals surface area contributed by atoms with E-state index in [2.05, 4.69) is 0 Å². The highest BCUT2D eigenvalue weighted by atomic mass is 33.1. The number of rotatable bonds is 3. The van der Waals surface area contributed by atoms with Gasteiger partial charge in [-0.05, 0) is 20.8 Å². The van der Waals surface area contributed by atoms with Gasteiger partial charge in [0.15, 0.2) is 0 Å². The molecule has 3 unspecified atom stereocenters. The van der Waals surface area contributed by atoms with Crippen LogP contribution in [0, 0.1) is 0 Å². The Morgan fingerprint density at radius 1 is 0.533 bits per heavy atom. The third-order valence-corrected chi connectivity index (χ3v) is 14.8. The van der Waals surface area contributed by atoms with Crippen molar-refractivity contribution in [1.82, 2.24) is 14.7 Å². The Balaban J connectivity index is 3.26. The molecule has 0 N–H and O–H groups in total. The molecule has 0 aliphatic carbocycles. The third kappa shape index (κ3) is 7.26. The van der Waals surface area contributed by atoms with Crippen molar-refractivity contribution >= 4 is 82.5 Å². The smallest absolute Gasteiger partial charge is 0.239 e. The van der Waals surface area contributed by atoms with Crippen molar-refractivity contribution in [3.05, 3.63) is 0 Å². The summed E-state index contributed by atoms with van der Waals surface area (Å²) in [7, 11) is 19.9. The number of hydrogen-bond acceptors (Lipinski definition) is 9. The quantitative estimate of drug-likeness (QED) is 0.508. The van der Waals surface area contributed by atoms with E-state index >= 15 is 0 Å². The molecule has 1 heterocycles. The van der Waals surface area contributed by atoms with Crippen LogP contribution in [0.5, 0.6) is 0 Å². The molecule has 1 fully saturated rings. The van der Waals surface area contributed by atoms with Crippen molar-refractivity contribution in [2.45, 2.75) is 35.0 Å². The van der Waals surface area contributed by atoms with Gasteiger partial charge in [0.05, 0.1) is 0 Å². The number of carbonyl (C=O) groups is 3. The van der Waals surface area contributed by atoms with E-state index in [0.717, 1.165) is 0 Å². The van der Waals surface area contributed by atoms with Gasteiger partial charge in [0.2, 0.25) is 17.7 Å². The van der Waals surface area contributed by atoms with Gasteiger partial charge in [-0.2, -0.15) is 0 Å². The lowest BCUT2D eigenvalue weighted by molar-refractivity contribution is -0.130. The summed E-state index contributed by atoms with van der Waals surface area (Å²) in [5, 5.41) is 0. The molecule has 0 aromatic carbocycles. The lowest BCUT2D eigenvalue weighted by Crippen LogP contribution is -2.46. The van der Waals surface area contributed by atoms with E-state index in [1.165, 1.54) is 32.4 Å². The summed E-state index contributed by atoms with van der Waals surface area (Å²) in [4.78, 5) is 43.7. The molecule has 174 valence electrons. The Labute approximate surface area is 205 Å². The molecule has 1 rings (SSSR count). The molecule has 1 aliphatic rings. The molecule has 0 bridgehead atoms. The van der Waals surface area contributed by atoms with E-state index in [1.807, 2.05) is 20.8 Å². The average Bonchev–Trinajstić information content (AvgIpc) is 2.64. The standard InChI is InChI=1S/C18H33N3O3S6/c1-16(13(22)19(4)5)10-25-29-18(3,15(24)21(8)9)12-27-30-17(2,11-26-28-16)14(23)20(6)7/h10-12H2,1-9H3. The third-order valence-electron chi connectivity index (χ3n) is 4.31. The van der Waals surface area contributed by atoms with Crippen molar-refractivity contribution in [2.75, 3.05) is 59.5 Å². The van der Waals surface area contributed by atoms with Crippen LogP contribution in [0.2, 0.25) is 0 Å². The lowest BCUT2D eigenvalue weighted by Gasteiger charge is -2.36. The first-order chi connectivity index (χ1) is 13.7. The van der Waals surface area contributed by atoms with Gasteiger partial charge < -0.3 is 14.7 Å². The van der Waals surface area contributed by atoms with Crippen LogP contribution in [0.3, 0.4) is 0 Å². The summed E-state index contributed by atoms with van der Waals surface area (Å²) >= 11 is 0. The summed E-state index contributed by atoms with van der Waals surface area (Å²) in [5.41, 5.74) is 0. The Morgan fingerprint density at radius 2 is 0.733 bits per heavy atom. The summed E-state index contributed by atoms with van der Waals surface area (Å²) < 4.78 is -1.98. The first kappa shape index (κ1) is 28.5. The van der Waals surface area contributed by atoms with Crippen LogP contribution < -0.4 is 0 Å². The molecular weight excluding hydrogens is 499 g/mol. The maximum absolute atomic E-state index is 13.0. The molecule has 12 heteroatoms. The second-order valence-corrected chi connectivity index (χ2v) is 16.7. The van der Waals surface area contributed by atoms with E-state index in [1.54, 1.807) is 89.4 Å². The molecule has 30 heavy (non-hydrogen) atoms. The Bertz CT molecular complexity index is 547. The van der Waals surface area contributed by atoms with Crippen LogP contribution in [0.25, 0.3) is 0 Å². The minimum atomic E-state index is -0.660. The van der Waals surface area contributed by atoms with Crippen LogP contribution in [0.1, 0.15) is 20.8 Å². The molecular formula is C18H33N3O3S6. The molecule has 0 radical (unpaired) electrons. The fourth-order valence-electron chi connectivity index (χ4n) is 2.60. The average molecular weight is 532 g/mol. The SMILES string of the molecule is CN(C)C(=O)C1(C)CSSC(C)(C(=O)N(C)C)CSSC(C)(C(=O)N(C)C)CSS1. The van der Waals surface area contributed by atoms with E-state index in [-0.39, 0.29) is 17.7 Å². The van der Waals surface area contributed by atoms with Crippen molar-refractivity contribution < 1.29 is 14.4 Å². The van der Waals surface area contributed by atoms with Gasteiger partial charge in [-0.15, -0.1) is 0 Å². The van der Waals surface area contributed by atoms with Gasteiger partial charge in [0, 0.05) is 59.5 Å². The van der Waals surface area contributed by atoms with Gasteiger partial charge in [-0.3, -0.25) is 14.4 Å². The van der Waals surface area contributed by atoms with Crippen molar-refractivity contribution in [2.24, 2.45) is 0 Å². The normalized spacial score (nSPS) is 31.1. The molecule has 0 aromatic rings.